The van der Waals surface area contributed by atoms with Crippen LogP contribution in [0.2, 0.25) is 0 Å². The van der Waals surface area contributed by atoms with E-state index in [1.165, 1.54) is 33.1 Å². The largest absolute Gasteiger partial charge is 0.353 e. The van der Waals surface area contributed by atoms with Crippen molar-refractivity contribution in [3.63, 3.8) is 0 Å². The standard InChI is InChI=1S/C32H23N3/c1-3-11-24(12-4-1)35(25-13-5-2-6-14-25)26-20-18-23(19-21-26)30-29-17-9-10-22-34(29)32-27-15-7-8-16-28(27)33-31(30)32/h1-22,33H. The first-order chi connectivity index (χ1) is 17.4. The molecule has 35 heavy (non-hydrogen) atoms. The fraction of sp³-hybridized carbons (Fsp3) is 0. The van der Waals surface area contributed by atoms with E-state index in [4.69, 9.17) is 0 Å². The van der Waals surface area contributed by atoms with E-state index in [-0.39, 0.29) is 0 Å². The summed E-state index contributed by atoms with van der Waals surface area (Å²) in [6.07, 6.45) is 2.16. The number of pyridine rings is 1. The molecule has 0 radical (unpaired) electrons. The number of hydrogen-bond donors (Lipinski definition) is 1. The van der Waals surface area contributed by atoms with Gasteiger partial charge in [-0.05, 0) is 60.2 Å². The van der Waals surface area contributed by atoms with Gasteiger partial charge in [0.25, 0.3) is 0 Å². The summed E-state index contributed by atoms with van der Waals surface area (Å²) in [6, 6.07) is 44.9. The highest BCUT2D eigenvalue weighted by molar-refractivity contribution is 6.15. The van der Waals surface area contributed by atoms with E-state index in [0.29, 0.717) is 0 Å². The second-order valence-electron chi connectivity index (χ2n) is 8.78. The van der Waals surface area contributed by atoms with Crippen LogP contribution in [0.15, 0.2) is 134 Å². The zero-order valence-electron chi connectivity index (χ0n) is 19.1. The van der Waals surface area contributed by atoms with Gasteiger partial charge in [-0.2, -0.15) is 0 Å². The van der Waals surface area contributed by atoms with E-state index in [2.05, 4.69) is 148 Å². The Kier molecular flexibility index (Phi) is 4.46. The number of nitrogens with zero attached hydrogens (tertiary/aromatic N) is 2. The molecule has 0 amide bonds. The third kappa shape index (κ3) is 3.13. The predicted molar refractivity (Wildman–Crippen MR) is 147 cm³/mol. The third-order valence-corrected chi connectivity index (χ3v) is 6.73. The van der Waals surface area contributed by atoms with Crippen molar-refractivity contribution >= 4 is 44.5 Å². The van der Waals surface area contributed by atoms with Gasteiger partial charge in [0.15, 0.2) is 0 Å². The van der Waals surface area contributed by atoms with Crippen molar-refractivity contribution in [2.24, 2.45) is 0 Å². The minimum absolute atomic E-state index is 1.13. The van der Waals surface area contributed by atoms with Crippen LogP contribution in [0.4, 0.5) is 17.1 Å². The molecule has 0 spiro atoms. The smallest absolute Gasteiger partial charge is 0.0793 e. The highest BCUT2D eigenvalue weighted by Crippen LogP contribution is 2.40. The van der Waals surface area contributed by atoms with Crippen molar-refractivity contribution in [3.8, 4) is 11.1 Å². The van der Waals surface area contributed by atoms with Crippen LogP contribution in [0.1, 0.15) is 0 Å². The number of fused-ring (bicyclic) bond motifs is 5. The van der Waals surface area contributed by atoms with Gasteiger partial charge in [-0.25, -0.2) is 0 Å². The van der Waals surface area contributed by atoms with Crippen LogP contribution in [0.25, 0.3) is 38.6 Å². The molecule has 0 unspecified atom stereocenters. The van der Waals surface area contributed by atoms with Crippen LogP contribution in [0, 0.1) is 0 Å². The summed E-state index contributed by atoms with van der Waals surface area (Å²) >= 11 is 0. The lowest BCUT2D eigenvalue weighted by atomic mass is 10.0. The summed E-state index contributed by atoms with van der Waals surface area (Å²) in [5, 5.41) is 1.24. The van der Waals surface area contributed by atoms with Crippen molar-refractivity contribution in [1.82, 2.24) is 9.38 Å². The van der Waals surface area contributed by atoms with Crippen LogP contribution in [0.5, 0.6) is 0 Å². The summed E-state index contributed by atoms with van der Waals surface area (Å²) in [5.41, 5.74) is 10.6. The first-order valence-corrected chi connectivity index (χ1v) is 11.9. The second-order valence-corrected chi connectivity index (χ2v) is 8.78. The van der Waals surface area contributed by atoms with Crippen molar-refractivity contribution in [3.05, 3.63) is 134 Å². The van der Waals surface area contributed by atoms with Gasteiger partial charge in [-0.15, -0.1) is 0 Å². The minimum atomic E-state index is 1.13. The normalized spacial score (nSPS) is 11.4. The van der Waals surface area contributed by atoms with Gasteiger partial charge in [0.1, 0.15) is 0 Å². The summed E-state index contributed by atoms with van der Waals surface area (Å²) in [7, 11) is 0. The summed E-state index contributed by atoms with van der Waals surface area (Å²) in [5.74, 6) is 0. The Morgan fingerprint density at radius 3 is 1.86 bits per heavy atom. The molecule has 1 N–H and O–H groups in total. The number of rotatable bonds is 4. The lowest BCUT2D eigenvalue weighted by Crippen LogP contribution is -2.09. The monoisotopic (exact) mass is 449 g/mol. The van der Waals surface area contributed by atoms with Crippen LogP contribution < -0.4 is 4.90 Å². The van der Waals surface area contributed by atoms with E-state index in [9.17, 15) is 0 Å². The molecule has 0 atom stereocenters. The van der Waals surface area contributed by atoms with Crippen LogP contribution >= 0.6 is 0 Å². The molecule has 4 aromatic carbocycles. The summed E-state index contributed by atoms with van der Waals surface area (Å²) in [6.45, 7) is 0. The number of benzene rings is 4. The van der Waals surface area contributed by atoms with E-state index in [1.54, 1.807) is 0 Å². The topological polar surface area (TPSA) is 23.4 Å². The number of hydrogen-bond acceptors (Lipinski definition) is 1. The quantitative estimate of drug-likeness (QED) is 0.285. The van der Waals surface area contributed by atoms with E-state index in [1.807, 2.05) is 0 Å². The predicted octanol–water partition coefficient (Wildman–Crippen LogP) is 8.71. The molecule has 0 fully saturated rings. The lowest BCUT2D eigenvalue weighted by molar-refractivity contribution is 1.26. The fourth-order valence-corrected chi connectivity index (χ4v) is 5.20. The van der Waals surface area contributed by atoms with Gasteiger partial charge in [0, 0.05) is 39.7 Å². The molecule has 0 bridgehead atoms. The molecular weight excluding hydrogens is 426 g/mol. The molecule has 3 heteroatoms. The average Bonchev–Trinajstić information content (AvgIpc) is 3.45. The van der Waals surface area contributed by atoms with Gasteiger partial charge in [0.05, 0.1) is 16.6 Å². The number of nitrogens with one attached hydrogen (secondary N) is 1. The number of anilines is 3. The number of aromatic amines is 1. The molecule has 7 rings (SSSR count). The molecule has 0 aliphatic carbocycles. The lowest BCUT2D eigenvalue weighted by Gasteiger charge is -2.25. The molecule has 0 aliphatic rings. The molecule has 0 aliphatic heterocycles. The Balaban J connectivity index is 1.41. The van der Waals surface area contributed by atoms with Gasteiger partial charge >= 0.3 is 0 Å². The van der Waals surface area contributed by atoms with Gasteiger partial charge in [-0.1, -0.05) is 72.8 Å². The van der Waals surface area contributed by atoms with Crippen LogP contribution in [-0.2, 0) is 0 Å². The van der Waals surface area contributed by atoms with Crippen LogP contribution in [0.3, 0.4) is 0 Å². The van der Waals surface area contributed by atoms with E-state index < -0.39 is 0 Å². The Bertz CT molecular complexity index is 1740. The number of aromatic nitrogens is 2. The molecule has 3 nitrogen and oxygen atoms in total. The zero-order valence-corrected chi connectivity index (χ0v) is 19.1. The highest BCUT2D eigenvalue weighted by Gasteiger charge is 2.18. The Hall–Kier alpha value is -4.76. The maximum atomic E-state index is 3.69. The number of para-hydroxylation sites is 3. The average molecular weight is 450 g/mol. The van der Waals surface area contributed by atoms with Crippen LogP contribution in [-0.4, -0.2) is 9.38 Å². The molecule has 166 valence electrons. The maximum Gasteiger partial charge on any atom is 0.0793 e. The molecule has 3 heterocycles. The fourth-order valence-electron chi connectivity index (χ4n) is 5.20. The summed E-state index contributed by atoms with van der Waals surface area (Å²) < 4.78 is 2.30. The first-order valence-electron chi connectivity index (χ1n) is 11.9. The molecule has 3 aromatic heterocycles. The minimum Gasteiger partial charge on any atom is -0.353 e. The maximum absolute atomic E-state index is 3.69. The zero-order chi connectivity index (χ0) is 23.2. The molecule has 7 aromatic rings. The number of H-pyrrole nitrogens is 1. The highest BCUT2D eigenvalue weighted by atomic mass is 15.1. The van der Waals surface area contributed by atoms with Crippen molar-refractivity contribution in [2.75, 3.05) is 4.90 Å². The third-order valence-electron chi connectivity index (χ3n) is 6.73. The van der Waals surface area contributed by atoms with Gasteiger partial charge in [0.2, 0.25) is 0 Å². The summed E-state index contributed by atoms with van der Waals surface area (Å²) in [4.78, 5) is 5.98. The van der Waals surface area contributed by atoms with E-state index in [0.717, 1.165) is 22.6 Å². The van der Waals surface area contributed by atoms with Crippen molar-refractivity contribution < 1.29 is 0 Å². The van der Waals surface area contributed by atoms with Crippen molar-refractivity contribution in [2.45, 2.75) is 0 Å². The van der Waals surface area contributed by atoms with E-state index >= 15 is 0 Å². The van der Waals surface area contributed by atoms with Crippen molar-refractivity contribution in [1.29, 1.82) is 0 Å². The van der Waals surface area contributed by atoms with Gasteiger partial charge < -0.3 is 14.3 Å². The molecular formula is C32H23N3. The molecule has 0 saturated heterocycles. The van der Waals surface area contributed by atoms with Gasteiger partial charge in [-0.3, -0.25) is 0 Å². The Morgan fingerprint density at radius 2 is 1.14 bits per heavy atom. The first kappa shape index (κ1) is 19.7. The Morgan fingerprint density at radius 1 is 0.543 bits per heavy atom. The second kappa shape index (κ2) is 7.93. The Labute approximate surface area is 203 Å². The SMILES string of the molecule is c1ccc(N(c2ccccc2)c2ccc(-c3c4[nH]c5ccccc5c4n4ccccc34)cc2)cc1. The molecule has 0 saturated carbocycles.